The van der Waals surface area contributed by atoms with Crippen molar-refractivity contribution in [1.29, 1.82) is 0 Å². The highest BCUT2D eigenvalue weighted by Crippen LogP contribution is 2.32. The summed E-state index contributed by atoms with van der Waals surface area (Å²) in [7, 11) is -3.60. The minimum Gasteiger partial charge on any atom is -0.368 e. The lowest BCUT2D eigenvalue weighted by molar-refractivity contribution is 0.306. The van der Waals surface area contributed by atoms with Gasteiger partial charge in [0.15, 0.2) is 0 Å². The fourth-order valence-electron chi connectivity index (χ4n) is 5.09. The lowest BCUT2D eigenvalue weighted by atomic mass is 10.1. The predicted molar refractivity (Wildman–Crippen MR) is 136 cm³/mol. The Hall–Kier alpha value is -3.24. The third kappa shape index (κ3) is 4.18. The van der Waals surface area contributed by atoms with Crippen LogP contribution in [0.15, 0.2) is 59.9 Å². The molecule has 0 spiro atoms. The summed E-state index contributed by atoms with van der Waals surface area (Å²) in [4.78, 5) is 2.52. The van der Waals surface area contributed by atoms with E-state index in [4.69, 9.17) is 0 Å². The zero-order valence-corrected chi connectivity index (χ0v) is 21.2. The van der Waals surface area contributed by atoms with Gasteiger partial charge >= 0.3 is 0 Å². The average Bonchev–Trinajstić information content (AvgIpc) is 3.37. The van der Waals surface area contributed by atoms with E-state index in [0.29, 0.717) is 25.6 Å². The number of benzene rings is 2. The van der Waals surface area contributed by atoms with Crippen LogP contribution in [0, 0.1) is 18.7 Å². The first kappa shape index (κ1) is 23.2. The highest BCUT2D eigenvalue weighted by Gasteiger charge is 2.35. The minimum atomic E-state index is -3.60. The Kier molecular flexibility index (Phi) is 5.60. The van der Waals surface area contributed by atoms with Crippen molar-refractivity contribution in [2.75, 3.05) is 24.5 Å². The monoisotopic (exact) mass is 508 g/mol. The number of halogens is 1. The Morgan fingerprint density at radius 2 is 1.83 bits per heavy atom. The first-order chi connectivity index (χ1) is 17.3. The number of fused-ring (bicyclic) bond motifs is 1. The van der Waals surface area contributed by atoms with Gasteiger partial charge < -0.3 is 4.90 Å². The molecule has 0 amide bonds. The Labute approximate surface area is 210 Å². The molecule has 2 aromatic heterocycles. The van der Waals surface area contributed by atoms with Crippen LogP contribution < -0.4 is 4.90 Å². The SMILES string of the molecule is Cc1cc2c(cnn2-c2ccc(F)cc2)cc1N1CCN(S(=O)(=O)c2cnn(CC3CC3)c2)C(C)C1. The van der Waals surface area contributed by atoms with Crippen LogP contribution in [0.1, 0.15) is 25.3 Å². The number of piperazine rings is 1. The van der Waals surface area contributed by atoms with Gasteiger partial charge in [0.1, 0.15) is 10.7 Å². The van der Waals surface area contributed by atoms with E-state index in [-0.39, 0.29) is 16.8 Å². The number of aryl methyl sites for hydroxylation is 1. The summed E-state index contributed by atoms with van der Waals surface area (Å²) in [5, 5.41) is 9.78. The lowest BCUT2D eigenvalue weighted by Crippen LogP contribution is -2.54. The number of rotatable bonds is 6. The Morgan fingerprint density at radius 3 is 2.56 bits per heavy atom. The summed E-state index contributed by atoms with van der Waals surface area (Å²) >= 11 is 0. The molecule has 8 nitrogen and oxygen atoms in total. The number of hydrogen-bond acceptors (Lipinski definition) is 5. The van der Waals surface area contributed by atoms with E-state index >= 15 is 0 Å². The van der Waals surface area contributed by atoms with Crippen molar-refractivity contribution < 1.29 is 12.8 Å². The van der Waals surface area contributed by atoms with Crippen LogP contribution in [-0.4, -0.2) is 58.0 Å². The van der Waals surface area contributed by atoms with Crippen molar-refractivity contribution in [1.82, 2.24) is 23.9 Å². The molecule has 2 aliphatic rings. The highest BCUT2D eigenvalue weighted by atomic mass is 32.2. The molecular weight excluding hydrogens is 479 g/mol. The molecule has 4 aromatic rings. The molecular formula is C26H29FN6O2S. The summed E-state index contributed by atoms with van der Waals surface area (Å²) < 4.78 is 45.3. The standard InChI is InChI=1S/C26H29FN6O2S/c1-18-11-26-21(13-29-33(26)23-7-5-22(27)6-8-23)12-25(18)30-9-10-32(19(2)15-30)36(34,35)24-14-28-31(17-24)16-20-3-4-20/h5-8,11-14,17,19-20H,3-4,9-10,15-16H2,1-2H3. The van der Waals surface area contributed by atoms with Crippen LogP contribution in [0.25, 0.3) is 16.6 Å². The fraction of sp³-hybridized carbons (Fsp3) is 0.385. The second-order valence-corrected chi connectivity index (χ2v) is 11.9. The fourth-order valence-corrected chi connectivity index (χ4v) is 6.66. The van der Waals surface area contributed by atoms with E-state index in [2.05, 4.69) is 34.2 Å². The zero-order chi connectivity index (χ0) is 25.0. The molecule has 2 fully saturated rings. The van der Waals surface area contributed by atoms with Gasteiger partial charge in [-0.2, -0.15) is 14.5 Å². The van der Waals surface area contributed by atoms with Crippen molar-refractivity contribution in [2.45, 2.75) is 44.2 Å². The summed E-state index contributed by atoms with van der Waals surface area (Å²) in [6.45, 7) is 6.39. The molecule has 1 aliphatic carbocycles. The van der Waals surface area contributed by atoms with Crippen LogP contribution in [-0.2, 0) is 16.6 Å². The number of sulfonamides is 1. The second-order valence-electron chi connectivity index (χ2n) is 9.98. The van der Waals surface area contributed by atoms with Gasteiger partial charge in [0.25, 0.3) is 0 Å². The average molecular weight is 509 g/mol. The highest BCUT2D eigenvalue weighted by molar-refractivity contribution is 7.89. The van der Waals surface area contributed by atoms with Gasteiger partial charge in [-0.1, -0.05) is 0 Å². The van der Waals surface area contributed by atoms with Crippen LogP contribution in [0.3, 0.4) is 0 Å². The maximum absolute atomic E-state index is 13.4. The predicted octanol–water partition coefficient (Wildman–Crippen LogP) is 3.98. The molecule has 10 heteroatoms. The van der Waals surface area contributed by atoms with Gasteiger partial charge in [-0.3, -0.25) is 4.68 Å². The van der Waals surface area contributed by atoms with Gasteiger partial charge in [-0.15, -0.1) is 0 Å². The third-order valence-corrected chi connectivity index (χ3v) is 9.19. The van der Waals surface area contributed by atoms with Crippen LogP contribution in [0.2, 0.25) is 0 Å². The number of nitrogens with zero attached hydrogens (tertiary/aromatic N) is 6. The van der Waals surface area contributed by atoms with Gasteiger partial charge in [-0.25, -0.2) is 17.5 Å². The van der Waals surface area contributed by atoms with Crippen LogP contribution in [0.4, 0.5) is 10.1 Å². The third-order valence-electron chi connectivity index (χ3n) is 7.22. The summed E-state index contributed by atoms with van der Waals surface area (Å²) in [6.07, 6.45) is 7.35. The van der Waals surface area contributed by atoms with Crippen molar-refractivity contribution in [2.24, 2.45) is 5.92 Å². The first-order valence-corrected chi connectivity index (χ1v) is 13.8. The van der Waals surface area contributed by atoms with E-state index in [1.165, 1.54) is 31.2 Å². The maximum atomic E-state index is 13.4. The number of hydrogen-bond donors (Lipinski definition) is 0. The summed E-state index contributed by atoms with van der Waals surface area (Å²) in [6, 6.07) is 10.3. The lowest BCUT2D eigenvalue weighted by Gasteiger charge is -2.40. The molecule has 1 atom stereocenters. The molecule has 2 aromatic carbocycles. The van der Waals surface area contributed by atoms with Crippen molar-refractivity contribution in [3.63, 3.8) is 0 Å². The molecule has 1 unspecified atom stereocenters. The van der Waals surface area contributed by atoms with Crippen LogP contribution in [0.5, 0.6) is 0 Å². The largest absolute Gasteiger partial charge is 0.368 e. The molecule has 0 radical (unpaired) electrons. The van der Waals surface area contributed by atoms with Crippen LogP contribution >= 0.6 is 0 Å². The molecule has 188 valence electrons. The van der Waals surface area contributed by atoms with Gasteiger partial charge in [0, 0.05) is 49.5 Å². The van der Waals surface area contributed by atoms with E-state index in [1.807, 2.05) is 17.8 Å². The number of anilines is 1. The Morgan fingerprint density at radius 1 is 1.06 bits per heavy atom. The first-order valence-electron chi connectivity index (χ1n) is 12.3. The van der Waals surface area contributed by atoms with Gasteiger partial charge in [0.05, 0.1) is 23.6 Å². The molecule has 6 rings (SSSR count). The normalized spacial score (nSPS) is 19.3. The van der Waals surface area contributed by atoms with Crippen molar-refractivity contribution in [3.8, 4) is 5.69 Å². The smallest absolute Gasteiger partial charge is 0.246 e. The quantitative estimate of drug-likeness (QED) is 0.394. The molecule has 1 saturated carbocycles. The van der Waals surface area contributed by atoms with E-state index in [0.717, 1.165) is 34.4 Å². The molecule has 3 heterocycles. The van der Waals surface area contributed by atoms with E-state index < -0.39 is 10.0 Å². The topological polar surface area (TPSA) is 76.3 Å². The zero-order valence-electron chi connectivity index (χ0n) is 20.4. The van der Waals surface area contributed by atoms with E-state index in [1.54, 1.807) is 27.3 Å². The molecule has 1 saturated heterocycles. The van der Waals surface area contributed by atoms with Crippen molar-refractivity contribution >= 4 is 26.6 Å². The second kappa shape index (κ2) is 8.70. The Balaban J connectivity index is 1.22. The molecule has 0 N–H and O–H groups in total. The molecule has 36 heavy (non-hydrogen) atoms. The van der Waals surface area contributed by atoms with Gasteiger partial charge in [-0.05, 0) is 74.6 Å². The Bertz CT molecular complexity index is 1520. The van der Waals surface area contributed by atoms with E-state index in [9.17, 15) is 12.8 Å². The summed E-state index contributed by atoms with van der Waals surface area (Å²) in [5.41, 5.74) is 3.89. The maximum Gasteiger partial charge on any atom is 0.246 e. The summed E-state index contributed by atoms with van der Waals surface area (Å²) in [5.74, 6) is 0.349. The molecule has 0 bridgehead atoms. The van der Waals surface area contributed by atoms with Crippen molar-refractivity contribution in [3.05, 3.63) is 66.4 Å². The minimum absolute atomic E-state index is 0.187. The molecule has 1 aliphatic heterocycles. The van der Waals surface area contributed by atoms with Gasteiger partial charge in [0.2, 0.25) is 10.0 Å². The number of aromatic nitrogens is 4.